The van der Waals surface area contributed by atoms with E-state index in [9.17, 15) is 4.79 Å². The van der Waals surface area contributed by atoms with Crippen LogP contribution in [0.2, 0.25) is 0 Å². The third-order valence-corrected chi connectivity index (χ3v) is 5.76. The molecule has 1 unspecified atom stereocenters. The molecule has 31 heavy (non-hydrogen) atoms. The summed E-state index contributed by atoms with van der Waals surface area (Å²) in [7, 11) is 0. The van der Waals surface area contributed by atoms with Crippen LogP contribution in [0.3, 0.4) is 0 Å². The number of ether oxygens (including phenoxy) is 1. The molecule has 3 aromatic rings. The van der Waals surface area contributed by atoms with Crippen LogP contribution in [0.5, 0.6) is 5.75 Å². The molecule has 1 amide bonds. The normalized spacial score (nSPS) is 16.0. The van der Waals surface area contributed by atoms with Crippen LogP contribution in [-0.4, -0.2) is 33.2 Å². The van der Waals surface area contributed by atoms with E-state index in [0.29, 0.717) is 12.3 Å². The van der Waals surface area contributed by atoms with Gasteiger partial charge in [-0.3, -0.25) is 9.89 Å². The third-order valence-electron chi connectivity index (χ3n) is 5.76. The Morgan fingerprint density at radius 1 is 1.13 bits per heavy atom. The van der Waals surface area contributed by atoms with Crippen LogP contribution < -0.4 is 4.74 Å². The van der Waals surface area contributed by atoms with Gasteiger partial charge in [-0.1, -0.05) is 55.3 Å². The van der Waals surface area contributed by atoms with Crippen LogP contribution in [-0.2, 0) is 0 Å². The van der Waals surface area contributed by atoms with Crippen LogP contribution in [0.4, 0.5) is 0 Å². The minimum Gasteiger partial charge on any atom is -0.494 e. The van der Waals surface area contributed by atoms with Crippen molar-refractivity contribution in [3.63, 3.8) is 0 Å². The van der Waals surface area contributed by atoms with E-state index in [2.05, 4.69) is 81.2 Å². The molecule has 0 fully saturated rings. The van der Waals surface area contributed by atoms with Gasteiger partial charge in [0.25, 0.3) is 5.91 Å². The Hall–Kier alpha value is -3.08. The first-order valence-corrected chi connectivity index (χ1v) is 11.0. The van der Waals surface area contributed by atoms with Gasteiger partial charge in [-0.25, -0.2) is 0 Å². The number of nitrogens with one attached hydrogen (secondary N) is 1. The van der Waals surface area contributed by atoms with Crippen molar-refractivity contribution in [2.45, 2.75) is 59.0 Å². The van der Waals surface area contributed by atoms with Gasteiger partial charge in [0.1, 0.15) is 11.4 Å². The van der Waals surface area contributed by atoms with E-state index < -0.39 is 0 Å². The molecule has 1 atom stereocenters. The number of aromatic nitrogens is 2. The molecule has 0 saturated carbocycles. The maximum absolute atomic E-state index is 13.4. The minimum atomic E-state index is -0.356. The molecular weight excluding hydrogens is 386 g/mol. The number of nitrogens with zero attached hydrogens (tertiary/aromatic N) is 2. The second kappa shape index (κ2) is 8.22. The molecule has 4 rings (SSSR count). The van der Waals surface area contributed by atoms with Crippen LogP contribution in [0.25, 0.3) is 11.3 Å². The van der Waals surface area contributed by atoms with E-state index in [1.165, 1.54) is 5.56 Å². The maximum Gasteiger partial charge on any atom is 0.273 e. The highest BCUT2D eigenvalue weighted by molar-refractivity contribution is 6.00. The van der Waals surface area contributed by atoms with Crippen LogP contribution in [0.1, 0.15) is 73.8 Å². The summed E-state index contributed by atoms with van der Waals surface area (Å²) in [6.07, 6.45) is 2.11. The smallest absolute Gasteiger partial charge is 0.273 e. The highest BCUT2D eigenvalue weighted by Crippen LogP contribution is 2.46. The molecule has 1 aliphatic heterocycles. The number of hydrogen-bond donors (Lipinski definition) is 1. The van der Waals surface area contributed by atoms with Crippen molar-refractivity contribution in [1.82, 2.24) is 15.1 Å². The second-order valence-electron chi connectivity index (χ2n) is 9.25. The van der Waals surface area contributed by atoms with Gasteiger partial charge >= 0.3 is 0 Å². The van der Waals surface area contributed by atoms with Gasteiger partial charge in [-0.05, 0) is 51.8 Å². The zero-order valence-corrected chi connectivity index (χ0v) is 19.0. The van der Waals surface area contributed by atoms with Crippen molar-refractivity contribution in [2.75, 3.05) is 6.61 Å². The van der Waals surface area contributed by atoms with Crippen molar-refractivity contribution >= 4 is 5.91 Å². The Balaban J connectivity index is 1.83. The Kier molecular flexibility index (Phi) is 5.61. The molecular formula is C26H31N3O2. The second-order valence-corrected chi connectivity index (χ2v) is 9.25. The molecule has 0 radical (unpaired) electrons. The number of carbonyl (C=O) groups excluding carboxylic acids is 1. The summed E-state index contributed by atoms with van der Waals surface area (Å²) in [5, 5.41) is 7.59. The van der Waals surface area contributed by atoms with Crippen LogP contribution in [0, 0.1) is 6.92 Å². The third kappa shape index (κ3) is 3.97. The lowest BCUT2D eigenvalue weighted by atomic mass is 9.93. The monoisotopic (exact) mass is 417 g/mol. The number of H-pyrrole nitrogens is 1. The highest BCUT2D eigenvalue weighted by Gasteiger charge is 2.46. The number of benzene rings is 2. The molecule has 1 aromatic heterocycles. The van der Waals surface area contributed by atoms with Crippen molar-refractivity contribution < 1.29 is 9.53 Å². The van der Waals surface area contributed by atoms with E-state index in [0.717, 1.165) is 41.0 Å². The van der Waals surface area contributed by atoms with E-state index >= 15 is 0 Å². The molecule has 2 heterocycles. The average molecular weight is 418 g/mol. The lowest BCUT2D eigenvalue weighted by Crippen LogP contribution is -2.44. The van der Waals surface area contributed by atoms with Gasteiger partial charge < -0.3 is 9.64 Å². The number of carbonyl (C=O) groups is 1. The molecule has 5 heteroatoms. The van der Waals surface area contributed by atoms with E-state index in [-0.39, 0.29) is 17.5 Å². The fourth-order valence-electron chi connectivity index (χ4n) is 4.19. The van der Waals surface area contributed by atoms with Gasteiger partial charge in [0.15, 0.2) is 0 Å². The summed E-state index contributed by atoms with van der Waals surface area (Å²) in [5.74, 6) is 0.816. The maximum atomic E-state index is 13.4. The quantitative estimate of drug-likeness (QED) is 0.507. The van der Waals surface area contributed by atoms with Gasteiger partial charge in [0.2, 0.25) is 0 Å². The van der Waals surface area contributed by atoms with Gasteiger partial charge in [0, 0.05) is 16.7 Å². The van der Waals surface area contributed by atoms with Crippen molar-refractivity contribution in [2.24, 2.45) is 0 Å². The molecule has 0 spiro atoms. The number of aryl methyl sites for hydroxylation is 1. The van der Waals surface area contributed by atoms with Crippen LogP contribution in [0.15, 0.2) is 48.5 Å². The topological polar surface area (TPSA) is 58.2 Å². The van der Waals surface area contributed by atoms with Crippen molar-refractivity contribution in [3.05, 3.63) is 70.9 Å². The lowest BCUT2D eigenvalue weighted by molar-refractivity contribution is 0.0545. The molecule has 162 valence electrons. The van der Waals surface area contributed by atoms with Crippen LogP contribution >= 0.6 is 0 Å². The number of unbranched alkanes of at least 4 members (excludes halogenated alkanes) is 1. The summed E-state index contributed by atoms with van der Waals surface area (Å²) in [4.78, 5) is 15.4. The number of rotatable bonds is 6. The first-order valence-electron chi connectivity index (χ1n) is 11.0. The minimum absolute atomic E-state index is 0.0179. The summed E-state index contributed by atoms with van der Waals surface area (Å²) in [5.41, 5.74) is 5.22. The SMILES string of the molecule is CCCCOc1cccc(C2c3c(-c4ccc(C)cc4)n[nH]c3C(=O)N2C(C)(C)C)c1. The Morgan fingerprint density at radius 3 is 2.55 bits per heavy atom. The predicted molar refractivity (Wildman–Crippen MR) is 123 cm³/mol. The Labute approximate surface area is 184 Å². The zero-order valence-electron chi connectivity index (χ0n) is 19.0. The predicted octanol–water partition coefficient (Wildman–Crippen LogP) is 5.91. The number of amides is 1. The zero-order chi connectivity index (χ0) is 22.2. The Bertz CT molecular complexity index is 1080. The van der Waals surface area contributed by atoms with E-state index in [1.54, 1.807) is 0 Å². The molecule has 5 nitrogen and oxygen atoms in total. The summed E-state index contributed by atoms with van der Waals surface area (Å²) >= 11 is 0. The molecule has 1 aliphatic rings. The Morgan fingerprint density at radius 2 is 1.87 bits per heavy atom. The van der Waals surface area contributed by atoms with Crippen molar-refractivity contribution in [1.29, 1.82) is 0 Å². The number of hydrogen-bond acceptors (Lipinski definition) is 3. The number of aromatic amines is 1. The van der Waals surface area contributed by atoms with E-state index in [1.807, 2.05) is 17.0 Å². The number of fused-ring (bicyclic) bond motifs is 1. The van der Waals surface area contributed by atoms with Gasteiger partial charge in [0.05, 0.1) is 18.3 Å². The summed E-state index contributed by atoms with van der Waals surface area (Å²) in [6, 6.07) is 16.2. The molecule has 1 N–H and O–H groups in total. The fraction of sp³-hybridized carbons (Fsp3) is 0.385. The first kappa shape index (κ1) is 21.2. The summed E-state index contributed by atoms with van der Waals surface area (Å²) in [6.45, 7) is 11.1. The largest absolute Gasteiger partial charge is 0.494 e. The van der Waals surface area contributed by atoms with Gasteiger partial charge in [-0.15, -0.1) is 0 Å². The molecule has 0 bridgehead atoms. The van der Waals surface area contributed by atoms with Gasteiger partial charge in [-0.2, -0.15) is 5.10 Å². The standard InChI is InChI=1S/C26H31N3O2/c1-6-7-15-31-20-10-8-9-19(16-20)24-21-22(18-13-11-17(2)12-14-18)27-28-23(21)25(30)29(24)26(3,4)5/h8-14,16,24H,6-7,15H2,1-5H3,(H,27,28). The fourth-order valence-corrected chi connectivity index (χ4v) is 4.19. The highest BCUT2D eigenvalue weighted by atomic mass is 16.5. The lowest BCUT2D eigenvalue weighted by Gasteiger charge is -2.38. The van der Waals surface area contributed by atoms with E-state index in [4.69, 9.17) is 4.74 Å². The van der Waals surface area contributed by atoms with Crippen molar-refractivity contribution in [3.8, 4) is 17.0 Å². The molecule has 2 aromatic carbocycles. The molecule has 0 aliphatic carbocycles. The molecule has 0 saturated heterocycles. The first-order chi connectivity index (χ1) is 14.8. The summed E-state index contributed by atoms with van der Waals surface area (Å²) < 4.78 is 5.96. The average Bonchev–Trinajstić information content (AvgIpc) is 3.28.